The van der Waals surface area contributed by atoms with E-state index in [1.807, 2.05) is 18.2 Å². The van der Waals surface area contributed by atoms with Gasteiger partial charge in [-0.15, -0.1) is 0 Å². The molecule has 1 aliphatic heterocycles. The van der Waals surface area contributed by atoms with Gasteiger partial charge in [-0.05, 0) is 49.4 Å². The lowest BCUT2D eigenvalue weighted by atomic mass is 10.1. The summed E-state index contributed by atoms with van der Waals surface area (Å²) in [5.41, 5.74) is 3.68. The third-order valence-corrected chi connectivity index (χ3v) is 6.67. The van der Waals surface area contributed by atoms with Crippen LogP contribution in [0.1, 0.15) is 43.9 Å². The second-order valence-electron chi connectivity index (χ2n) is 8.33. The second kappa shape index (κ2) is 8.26. The fourth-order valence-electron chi connectivity index (χ4n) is 3.61. The zero-order valence-electron chi connectivity index (χ0n) is 17.8. The number of amides is 1. The SMILES string of the molecule is Cc1ccc(-n2ncc3c(=O)n4c(nc32)SCC4CC(=O)NCCC(C)C)cc1C. The van der Waals surface area contributed by atoms with Gasteiger partial charge in [0.1, 0.15) is 5.39 Å². The Balaban J connectivity index is 1.63. The van der Waals surface area contributed by atoms with Crippen LogP contribution in [0.4, 0.5) is 0 Å². The van der Waals surface area contributed by atoms with E-state index in [0.29, 0.717) is 34.4 Å². The predicted octanol–water partition coefficient (Wildman–Crippen LogP) is 3.40. The van der Waals surface area contributed by atoms with E-state index in [9.17, 15) is 9.59 Å². The highest BCUT2D eigenvalue weighted by Crippen LogP contribution is 2.33. The second-order valence-corrected chi connectivity index (χ2v) is 9.32. The van der Waals surface area contributed by atoms with Crippen molar-refractivity contribution in [3.8, 4) is 5.69 Å². The number of hydrogen-bond acceptors (Lipinski definition) is 5. The molecule has 3 heterocycles. The summed E-state index contributed by atoms with van der Waals surface area (Å²) < 4.78 is 3.39. The quantitative estimate of drug-likeness (QED) is 0.612. The average molecular weight is 426 g/mol. The van der Waals surface area contributed by atoms with E-state index in [4.69, 9.17) is 4.98 Å². The molecule has 1 amide bonds. The molecule has 4 rings (SSSR count). The average Bonchev–Trinajstić information content (AvgIpc) is 3.29. The number of nitrogens with one attached hydrogen (secondary N) is 1. The predicted molar refractivity (Wildman–Crippen MR) is 119 cm³/mol. The van der Waals surface area contributed by atoms with Crippen molar-refractivity contribution in [3.63, 3.8) is 0 Å². The first-order valence-electron chi connectivity index (χ1n) is 10.3. The van der Waals surface area contributed by atoms with Gasteiger partial charge in [0.15, 0.2) is 10.8 Å². The van der Waals surface area contributed by atoms with Crippen LogP contribution in [0.15, 0.2) is 34.3 Å². The fourth-order valence-corrected chi connectivity index (χ4v) is 4.74. The Hall–Kier alpha value is -2.61. The van der Waals surface area contributed by atoms with Crippen LogP contribution in [0.5, 0.6) is 0 Å². The van der Waals surface area contributed by atoms with Crippen molar-refractivity contribution in [2.45, 2.75) is 51.7 Å². The first-order valence-corrected chi connectivity index (χ1v) is 11.3. The normalized spacial score (nSPS) is 15.7. The lowest BCUT2D eigenvalue weighted by Crippen LogP contribution is -2.31. The van der Waals surface area contributed by atoms with E-state index in [2.05, 4.69) is 38.1 Å². The summed E-state index contributed by atoms with van der Waals surface area (Å²) in [6, 6.07) is 5.89. The van der Waals surface area contributed by atoms with Gasteiger partial charge in [-0.3, -0.25) is 14.2 Å². The molecule has 2 aromatic heterocycles. The molecular weight excluding hydrogens is 398 g/mol. The van der Waals surface area contributed by atoms with Crippen molar-refractivity contribution in [2.75, 3.05) is 12.3 Å². The maximum atomic E-state index is 13.2. The summed E-state index contributed by atoms with van der Waals surface area (Å²) in [5, 5.41) is 8.52. The first kappa shape index (κ1) is 20.7. The minimum atomic E-state index is -0.182. The van der Waals surface area contributed by atoms with Crippen LogP contribution < -0.4 is 10.9 Å². The van der Waals surface area contributed by atoms with Gasteiger partial charge in [0.25, 0.3) is 5.56 Å². The Kier molecular flexibility index (Phi) is 5.69. The minimum Gasteiger partial charge on any atom is -0.356 e. The lowest BCUT2D eigenvalue weighted by Gasteiger charge is -2.14. The molecule has 0 radical (unpaired) electrons. The molecule has 0 saturated carbocycles. The summed E-state index contributed by atoms with van der Waals surface area (Å²) in [5.74, 6) is 1.19. The van der Waals surface area contributed by atoms with Crippen LogP contribution in [-0.4, -0.2) is 37.5 Å². The summed E-state index contributed by atoms with van der Waals surface area (Å²) in [6.45, 7) is 9.04. The van der Waals surface area contributed by atoms with Gasteiger partial charge in [0.05, 0.1) is 17.9 Å². The van der Waals surface area contributed by atoms with Crippen molar-refractivity contribution in [2.24, 2.45) is 5.92 Å². The molecule has 1 unspecified atom stereocenters. The number of thioether (sulfide) groups is 1. The van der Waals surface area contributed by atoms with E-state index in [0.717, 1.165) is 17.7 Å². The maximum absolute atomic E-state index is 13.2. The largest absolute Gasteiger partial charge is 0.356 e. The van der Waals surface area contributed by atoms with E-state index in [-0.39, 0.29) is 23.9 Å². The summed E-state index contributed by atoms with van der Waals surface area (Å²) in [6.07, 6.45) is 2.81. The van der Waals surface area contributed by atoms with Crippen molar-refractivity contribution < 1.29 is 4.79 Å². The van der Waals surface area contributed by atoms with Crippen LogP contribution in [0.2, 0.25) is 0 Å². The highest BCUT2D eigenvalue weighted by atomic mass is 32.2. The standard InChI is InChI=1S/C22H27N5O2S/c1-13(2)7-8-23-19(28)10-17-12-30-22-25-20-18(21(29)26(17)22)11-24-27(20)16-6-5-14(3)15(4)9-16/h5-6,9,11,13,17H,7-8,10,12H2,1-4H3,(H,23,28). The molecule has 158 valence electrons. The zero-order valence-corrected chi connectivity index (χ0v) is 18.6. The summed E-state index contributed by atoms with van der Waals surface area (Å²) >= 11 is 1.52. The van der Waals surface area contributed by atoms with E-state index in [1.165, 1.54) is 17.3 Å². The van der Waals surface area contributed by atoms with Crippen molar-refractivity contribution in [3.05, 3.63) is 45.9 Å². The number of aryl methyl sites for hydroxylation is 2. The number of carbonyl (C=O) groups excluding carboxylic acids is 1. The maximum Gasteiger partial charge on any atom is 0.265 e. The Bertz CT molecular complexity index is 1160. The number of hydrogen-bond donors (Lipinski definition) is 1. The van der Waals surface area contributed by atoms with Crippen LogP contribution in [0.25, 0.3) is 16.7 Å². The summed E-state index contributed by atoms with van der Waals surface area (Å²) in [7, 11) is 0. The molecule has 3 aromatic rings. The van der Waals surface area contributed by atoms with Gasteiger partial charge in [-0.2, -0.15) is 5.10 Å². The Labute approximate surface area is 179 Å². The summed E-state index contributed by atoms with van der Waals surface area (Å²) in [4.78, 5) is 30.3. The van der Waals surface area contributed by atoms with Crippen molar-refractivity contribution in [1.82, 2.24) is 24.6 Å². The number of carbonyl (C=O) groups is 1. The Morgan fingerprint density at radius 3 is 2.83 bits per heavy atom. The van der Waals surface area contributed by atoms with Crippen LogP contribution in [-0.2, 0) is 4.79 Å². The molecule has 0 saturated heterocycles. The number of aromatic nitrogens is 4. The number of fused-ring (bicyclic) bond motifs is 2. The van der Waals surface area contributed by atoms with Crippen LogP contribution in [0.3, 0.4) is 0 Å². The van der Waals surface area contributed by atoms with Crippen LogP contribution >= 0.6 is 11.8 Å². The molecular formula is C22H27N5O2S. The van der Waals surface area contributed by atoms with E-state index >= 15 is 0 Å². The molecule has 1 aliphatic rings. The molecule has 1 N–H and O–H groups in total. The third kappa shape index (κ3) is 3.88. The molecule has 7 nitrogen and oxygen atoms in total. The third-order valence-electron chi connectivity index (χ3n) is 5.57. The van der Waals surface area contributed by atoms with Crippen molar-refractivity contribution >= 4 is 28.7 Å². The molecule has 1 aromatic carbocycles. The molecule has 1 atom stereocenters. The van der Waals surface area contributed by atoms with Gasteiger partial charge in [0.2, 0.25) is 5.91 Å². The van der Waals surface area contributed by atoms with Gasteiger partial charge >= 0.3 is 0 Å². The zero-order chi connectivity index (χ0) is 21.4. The Morgan fingerprint density at radius 1 is 1.30 bits per heavy atom. The highest BCUT2D eigenvalue weighted by molar-refractivity contribution is 7.99. The van der Waals surface area contributed by atoms with E-state index in [1.54, 1.807) is 15.4 Å². The molecule has 0 bridgehead atoms. The highest BCUT2D eigenvalue weighted by Gasteiger charge is 2.29. The number of nitrogens with zero attached hydrogens (tertiary/aromatic N) is 4. The number of rotatable bonds is 6. The van der Waals surface area contributed by atoms with Gasteiger partial charge in [-0.1, -0.05) is 31.7 Å². The van der Waals surface area contributed by atoms with Crippen molar-refractivity contribution in [1.29, 1.82) is 0 Å². The van der Waals surface area contributed by atoms with Gasteiger partial charge in [-0.25, -0.2) is 9.67 Å². The first-order chi connectivity index (χ1) is 14.3. The molecule has 0 aliphatic carbocycles. The fraction of sp³-hybridized carbons (Fsp3) is 0.455. The molecule has 0 fully saturated rings. The minimum absolute atomic E-state index is 0.0214. The Morgan fingerprint density at radius 2 is 2.10 bits per heavy atom. The molecule has 30 heavy (non-hydrogen) atoms. The molecule has 8 heteroatoms. The molecule has 0 spiro atoms. The van der Waals surface area contributed by atoms with Gasteiger partial charge in [0, 0.05) is 18.7 Å². The van der Waals surface area contributed by atoms with Gasteiger partial charge < -0.3 is 5.32 Å². The number of benzene rings is 1. The topological polar surface area (TPSA) is 81.8 Å². The van der Waals surface area contributed by atoms with E-state index < -0.39 is 0 Å². The smallest absolute Gasteiger partial charge is 0.265 e. The van der Waals surface area contributed by atoms with Crippen LogP contribution in [0, 0.1) is 19.8 Å². The monoisotopic (exact) mass is 425 g/mol. The lowest BCUT2D eigenvalue weighted by molar-refractivity contribution is -0.121.